The fourth-order valence-electron chi connectivity index (χ4n) is 21.6. The molecule has 4 fully saturated rings. The zero-order chi connectivity index (χ0) is 78.1. The van der Waals surface area contributed by atoms with E-state index in [1.807, 2.05) is 0 Å². The van der Waals surface area contributed by atoms with Crippen LogP contribution in [0, 0.1) is 23.3 Å². The number of piperidine rings is 4. The smallest absolute Gasteiger partial charge is 0.162 e. The van der Waals surface area contributed by atoms with E-state index in [0.29, 0.717) is 84.6 Å². The monoisotopic (exact) mass is 1550 g/mol. The minimum atomic E-state index is -0.511. The topological polar surface area (TPSA) is 154 Å². The van der Waals surface area contributed by atoms with Gasteiger partial charge in [-0.1, -0.05) is 78.9 Å². The summed E-state index contributed by atoms with van der Waals surface area (Å²) in [7, 11) is 2.20. The summed E-state index contributed by atoms with van der Waals surface area (Å²) in [5.74, 6) is 1.37. The molecule has 0 amide bonds. The Morgan fingerprint density at radius 2 is 0.746 bits per heavy atom. The second kappa shape index (κ2) is 34.5. The molecule has 0 saturated carbocycles. The number of nitrogens with one attached hydrogen (secondary N) is 2. The molecule has 0 spiro atoms. The maximum atomic E-state index is 13.1. The normalized spacial score (nSPS) is 24.4. The Hall–Kier alpha value is -8.86. The number of rotatable bonds is 20. The lowest BCUT2D eigenvalue weighted by Gasteiger charge is -2.41. The second-order valence-electron chi connectivity index (χ2n) is 34.0. The number of Topliss-reactive ketones (excluding diaryl/α,β-unsaturated/α-hetero) is 2. The number of carbonyl (C=O) groups excluding carboxylic acids is 2. The average molecular weight is 1550 g/mol. The predicted octanol–water partition coefficient (Wildman–Crippen LogP) is 15.3. The fraction of sp³-hybridized carbons (Fsp3) is 0.468. The predicted molar refractivity (Wildman–Crippen MR) is 448 cm³/mol. The van der Waals surface area contributed by atoms with Crippen LogP contribution in [-0.2, 0) is 0 Å². The van der Waals surface area contributed by atoms with Crippen molar-refractivity contribution in [1.82, 2.24) is 19.6 Å². The number of halogens is 4. The summed E-state index contributed by atoms with van der Waals surface area (Å²) in [6.07, 6.45) is 10.9. The van der Waals surface area contributed by atoms with Gasteiger partial charge < -0.3 is 70.7 Å². The highest BCUT2D eigenvalue weighted by Crippen LogP contribution is 2.54. The van der Waals surface area contributed by atoms with Crippen LogP contribution < -0.4 is 40.9 Å². The molecule has 8 aromatic rings. The summed E-state index contributed by atoms with van der Waals surface area (Å²) >= 11 is 0. The Morgan fingerprint density at radius 1 is 0.395 bits per heavy atom. The average Bonchev–Trinajstić information content (AvgIpc) is 1.61. The molecule has 0 bridgehead atoms. The highest BCUT2D eigenvalue weighted by atomic mass is 19.1. The number of benzene rings is 8. The van der Waals surface area contributed by atoms with Crippen molar-refractivity contribution < 1.29 is 37.4 Å². The van der Waals surface area contributed by atoms with E-state index in [1.165, 1.54) is 142 Å². The summed E-state index contributed by atoms with van der Waals surface area (Å²) in [5, 5.41) is 27.9. The number of likely N-dealkylation sites (N-methyl/N-ethyl adjacent to an activating group) is 1. The zero-order valence-electron chi connectivity index (χ0n) is 66.0. The number of hydrogen-bond donors (Lipinski definition) is 5. The third kappa shape index (κ3) is 16.3. The Bertz CT molecular complexity index is 4670. The summed E-state index contributed by atoms with van der Waals surface area (Å²) < 4.78 is 52.2. The van der Waals surface area contributed by atoms with Crippen LogP contribution in [0.2, 0.25) is 0 Å². The SMILES string of the molecule is CN1CCN2c3c(cccc31)[C@@H]1CN(CCCC(O)c3ccc(F)cc3)CC[C@@H]12.NC1CCN2c3c1cccc3[C@@H]1CN(CCCC(=O)c3ccc(F)cc3)CC[C@@H]12.O=C(CCCN1CC[C@H]2[C@@H](C1)c1cccc3c1N2CCN3)c1ccc(F)cc1.OC(CCCN1CC[C@H]2[C@@H](C1)c1cccc3c1N2CCN3)c1ccc(F)cc1. The van der Waals surface area contributed by atoms with E-state index >= 15 is 0 Å². The van der Waals surface area contributed by atoms with Crippen molar-refractivity contribution in [2.45, 2.75) is 150 Å². The minimum Gasteiger partial charge on any atom is -0.388 e. The second-order valence-corrected chi connectivity index (χ2v) is 34.0. The number of likely N-dealkylation sites (tertiary alicyclic amines) is 4. The largest absolute Gasteiger partial charge is 0.388 e. The molecule has 20 rings (SSSR count). The molecule has 114 heavy (non-hydrogen) atoms. The van der Waals surface area contributed by atoms with Crippen molar-refractivity contribution in [3.8, 4) is 0 Å². The number of aliphatic hydroxyl groups is 2. The third-order valence-corrected chi connectivity index (χ3v) is 27.3. The molecule has 12 heterocycles. The molecule has 4 saturated heterocycles. The number of anilines is 7. The first-order chi connectivity index (χ1) is 55.6. The number of ketones is 2. The van der Waals surface area contributed by atoms with Gasteiger partial charge in [-0.25, -0.2) is 17.6 Å². The molecule has 11 atom stereocenters. The lowest BCUT2D eigenvalue weighted by Crippen LogP contribution is -2.49. The first-order valence-corrected chi connectivity index (χ1v) is 42.5. The van der Waals surface area contributed by atoms with Crippen LogP contribution in [0.4, 0.5) is 57.4 Å². The van der Waals surface area contributed by atoms with Gasteiger partial charge in [0.15, 0.2) is 11.6 Å². The van der Waals surface area contributed by atoms with E-state index in [4.69, 9.17) is 5.73 Å². The van der Waals surface area contributed by atoms with Gasteiger partial charge in [-0.15, -0.1) is 0 Å². The molecule has 12 aliphatic heterocycles. The molecule has 12 aliphatic rings. The van der Waals surface area contributed by atoms with E-state index in [9.17, 15) is 37.4 Å². The Balaban J connectivity index is 0.000000110. The van der Waals surface area contributed by atoms with Crippen molar-refractivity contribution in [3.63, 3.8) is 0 Å². The summed E-state index contributed by atoms with van der Waals surface area (Å²) in [5.41, 5.74) is 26.2. The van der Waals surface area contributed by atoms with E-state index in [0.717, 1.165) is 168 Å². The maximum absolute atomic E-state index is 13.1. The first kappa shape index (κ1) is 77.7. The highest BCUT2D eigenvalue weighted by Gasteiger charge is 2.49. The number of para-hydroxylation sites is 4. The maximum Gasteiger partial charge on any atom is 0.162 e. The quantitative estimate of drug-likeness (QED) is 0.0363. The lowest BCUT2D eigenvalue weighted by molar-refractivity contribution is 0.0963. The van der Waals surface area contributed by atoms with Crippen molar-refractivity contribution in [2.24, 2.45) is 5.73 Å². The van der Waals surface area contributed by atoms with Gasteiger partial charge in [0, 0.05) is 189 Å². The van der Waals surface area contributed by atoms with Crippen LogP contribution in [0.5, 0.6) is 0 Å². The Labute approximate surface area is 669 Å². The molecule has 0 radical (unpaired) electrons. The van der Waals surface area contributed by atoms with Gasteiger partial charge >= 0.3 is 0 Å². The van der Waals surface area contributed by atoms with Gasteiger partial charge in [-0.2, -0.15) is 0 Å². The number of hydrogen-bond acceptors (Lipinski definition) is 16. The summed E-state index contributed by atoms with van der Waals surface area (Å²) in [6.45, 7) is 20.2. The first-order valence-electron chi connectivity index (χ1n) is 42.5. The van der Waals surface area contributed by atoms with Crippen LogP contribution in [0.1, 0.15) is 185 Å². The minimum absolute atomic E-state index is 0.0989. The van der Waals surface area contributed by atoms with Gasteiger partial charge in [0.1, 0.15) is 23.3 Å². The van der Waals surface area contributed by atoms with E-state index in [2.05, 4.69) is 135 Å². The molecule has 600 valence electrons. The molecule has 3 unspecified atom stereocenters. The standard InChI is InChI=1S/C24H30FN3O.C24H28FN3O.C23H28FN3O.C23H26FN3O/c1-26-14-15-28-21-11-13-27(16-20(21)19-4-2-5-22(26)24(19)28)12-3-6-23(29)17-7-9-18(25)10-8-17;25-17-8-6-16(7-9-17)23(29)5-2-12-27-13-11-22-20(15-27)18-3-1-4-19-21(26)10-14-28(22)24(18)19;2*24-17-8-6-16(7-9-17)22(28)5-2-12-26-13-10-21-19(15-26)18-3-1-4-20-23(18)27(21)14-11-25-20/h2,4-5,7-10,20-21,23,29H,3,6,11-16H2,1H3;1,3-4,6-9,20-22H,2,5,10-15,26H2;1,3-4,6-9,19,21-22,25,28H,2,5,10-15H2;1,3-4,6-9,19,21,25H,2,5,10-15H2/t20-,21-,23?;20-,21?,22-;19-,21-,22?;19-,21-/m0000/s1. The van der Waals surface area contributed by atoms with Crippen LogP contribution in [0.25, 0.3) is 0 Å². The molecule has 16 nitrogen and oxygen atoms in total. The van der Waals surface area contributed by atoms with Crippen molar-refractivity contribution in [1.29, 1.82) is 0 Å². The Morgan fingerprint density at radius 3 is 1.18 bits per heavy atom. The van der Waals surface area contributed by atoms with E-state index in [1.54, 1.807) is 48.5 Å². The molecular formula is C94H112F4N12O4. The van der Waals surface area contributed by atoms with Crippen molar-refractivity contribution in [3.05, 3.63) is 243 Å². The van der Waals surface area contributed by atoms with Crippen LogP contribution in [0.3, 0.4) is 0 Å². The molecule has 8 aromatic carbocycles. The highest BCUT2D eigenvalue weighted by molar-refractivity contribution is 5.96. The van der Waals surface area contributed by atoms with Crippen LogP contribution >= 0.6 is 0 Å². The van der Waals surface area contributed by atoms with Gasteiger partial charge in [0.25, 0.3) is 0 Å². The van der Waals surface area contributed by atoms with E-state index in [-0.39, 0.29) is 40.9 Å². The number of nitrogens with two attached hydrogens (primary N) is 1. The Kier molecular flexibility index (Phi) is 23.5. The summed E-state index contributed by atoms with van der Waals surface area (Å²) in [6, 6.07) is 53.7. The number of carbonyl (C=O) groups is 2. The zero-order valence-corrected chi connectivity index (χ0v) is 66.0. The van der Waals surface area contributed by atoms with Gasteiger partial charge in [-0.05, 0) is 227 Å². The fourth-order valence-corrected chi connectivity index (χ4v) is 21.6. The van der Waals surface area contributed by atoms with Crippen molar-refractivity contribution in [2.75, 3.05) is 167 Å². The van der Waals surface area contributed by atoms with Gasteiger partial charge in [0.2, 0.25) is 0 Å². The van der Waals surface area contributed by atoms with E-state index < -0.39 is 12.2 Å². The number of aliphatic hydroxyl groups excluding tert-OH is 2. The third-order valence-electron chi connectivity index (χ3n) is 27.3. The lowest BCUT2D eigenvalue weighted by atomic mass is 9.88. The van der Waals surface area contributed by atoms with Crippen LogP contribution in [0.15, 0.2) is 170 Å². The van der Waals surface area contributed by atoms with Gasteiger partial charge in [0.05, 0.1) is 46.3 Å². The molecule has 20 heteroatoms. The van der Waals surface area contributed by atoms with Crippen LogP contribution in [-0.4, -0.2) is 197 Å². The molecular weight excluding hydrogens is 1440 g/mol. The molecule has 0 aromatic heterocycles. The number of nitrogens with zero attached hydrogens (tertiary/aromatic N) is 9. The van der Waals surface area contributed by atoms with Gasteiger partial charge in [-0.3, -0.25) is 9.59 Å². The summed E-state index contributed by atoms with van der Waals surface area (Å²) in [4.78, 5) is 47.8. The molecule has 0 aliphatic carbocycles. The van der Waals surface area contributed by atoms with Crippen molar-refractivity contribution >= 4 is 51.4 Å². The number of fused-ring (bicyclic) bond motifs is 12. The molecule has 6 N–H and O–H groups in total.